The van der Waals surface area contributed by atoms with Crippen molar-refractivity contribution >= 4 is 5.97 Å². The molecule has 0 aromatic heterocycles. The Hall–Kier alpha value is -0.530. The lowest BCUT2D eigenvalue weighted by Crippen LogP contribution is -1.97. The highest BCUT2D eigenvalue weighted by Crippen LogP contribution is 2.37. The van der Waals surface area contributed by atoms with Gasteiger partial charge >= 0.3 is 5.97 Å². The van der Waals surface area contributed by atoms with Crippen molar-refractivity contribution in [2.45, 2.75) is 13.3 Å². The first-order chi connectivity index (χ1) is 4.43. The van der Waals surface area contributed by atoms with Crippen LogP contribution >= 0.6 is 0 Å². The molecule has 0 bridgehead atoms. The van der Waals surface area contributed by atoms with E-state index in [9.17, 15) is 4.79 Å². The van der Waals surface area contributed by atoms with E-state index >= 15 is 0 Å². The molecular weight excluding hydrogens is 92.1 g/mol. The number of aliphatic carboxylic acids is 1. The van der Waals surface area contributed by atoms with E-state index in [1.54, 1.807) is 0 Å². The molecule has 2 unspecified atom stereocenters. The first kappa shape index (κ1) is 2.16. The Bertz CT molecular complexity index is 163. The molecule has 2 heteroatoms. The smallest absolute Gasteiger partial charge is 0.306 e. The summed E-state index contributed by atoms with van der Waals surface area (Å²) in [7, 11) is 0. The maximum atomic E-state index is 10.2. The van der Waals surface area contributed by atoms with Gasteiger partial charge in [-0.3, -0.25) is 4.79 Å². The molecule has 1 aliphatic rings. The molecule has 1 N–H and O–H groups in total. The number of carboxylic acids is 1. The average Bonchev–Trinajstić information content (AvgIpc) is 2.35. The molecule has 0 aromatic carbocycles. The van der Waals surface area contributed by atoms with Crippen LogP contribution in [0.4, 0.5) is 0 Å². The second-order valence-electron chi connectivity index (χ2n) is 1.79. The van der Waals surface area contributed by atoms with Gasteiger partial charge in [0.15, 0.2) is 0 Å². The summed E-state index contributed by atoms with van der Waals surface area (Å²) in [6.07, 6.45) is 0.311. The van der Waals surface area contributed by atoms with Gasteiger partial charge in [0.05, 0.1) is 5.92 Å². The molecule has 7 heavy (non-hydrogen) atoms. The third-order valence-electron chi connectivity index (χ3n) is 1.11. The summed E-state index contributed by atoms with van der Waals surface area (Å²) < 4.78 is 20.5. The molecule has 0 aliphatic heterocycles. The predicted molar refractivity (Wildman–Crippen MR) is 24.9 cm³/mol. The Morgan fingerprint density at radius 2 is 2.86 bits per heavy atom. The second-order valence-corrected chi connectivity index (χ2v) is 1.79. The van der Waals surface area contributed by atoms with Crippen LogP contribution in [-0.4, -0.2) is 11.1 Å². The van der Waals surface area contributed by atoms with Gasteiger partial charge in [-0.2, -0.15) is 0 Å². The van der Waals surface area contributed by atoms with Crippen LogP contribution in [0.25, 0.3) is 0 Å². The highest BCUT2D eigenvalue weighted by atomic mass is 16.4. The molecule has 1 rings (SSSR count). The topological polar surface area (TPSA) is 37.3 Å². The number of hydrogen-bond acceptors (Lipinski definition) is 1. The van der Waals surface area contributed by atoms with Gasteiger partial charge in [-0.1, -0.05) is 6.85 Å². The van der Waals surface area contributed by atoms with Gasteiger partial charge in [0, 0.05) is 4.11 Å². The lowest BCUT2D eigenvalue weighted by molar-refractivity contribution is -0.138. The van der Waals surface area contributed by atoms with Gasteiger partial charge in [-0.25, -0.2) is 0 Å². The molecular formula is C5H8O2. The summed E-state index contributed by atoms with van der Waals surface area (Å²) in [6, 6.07) is 0. The number of carboxylic acid groups (broad SMARTS) is 1. The molecule has 1 saturated carbocycles. The van der Waals surface area contributed by atoms with Gasteiger partial charge in [0.2, 0.25) is 0 Å². The zero-order chi connectivity index (χ0) is 7.94. The van der Waals surface area contributed by atoms with E-state index in [-0.39, 0.29) is 0 Å². The Balaban J connectivity index is 2.46. The van der Waals surface area contributed by atoms with Crippen LogP contribution < -0.4 is 0 Å². The maximum Gasteiger partial charge on any atom is 0.306 e. The minimum atomic E-state index is -2.07. The lowest BCUT2D eigenvalue weighted by atomic mass is 10.3. The zero-order valence-corrected chi connectivity index (χ0v) is 3.72. The number of rotatable bonds is 1. The Kier molecular flexibility index (Phi) is 0.376. The molecule has 0 saturated heterocycles. The first-order valence-corrected chi connectivity index (χ1v) is 2.15. The molecule has 0 aromatic rings. The van der Waals surface area contributed by atoms with Crippen LogP contribution in [0.15, 0.2) is 0 Å². The van der Waals surface area contributed by atoms with E-state index in [1.165, 1.54) is 0 Å². The van der Waals surface area contributed by atoms with Gasteiger partial charge < -0.3 is 5.11 Å². The van der Waals surface area contributed by atoms with Crippen LogP contribution in [0.2, 0.25) is 0 Å². The van der Waals surface area contributed by atoms with E-state index in [0.29, 0.717) is 6.42 Å². The van der Waals surface area contributed by atoms with Gasteiger partial charge in [-0.15, -0.1) is 0 Å². The molecule has 1 fully saturated rings. The fourth-order valence-electron chi connectivity index (χ4n) is 0.468. The monoisotopic (exact) mass is 103 g/mol. The fourth-order valence-corrected chi connectivity index (χ4v) is 0.468. The Morgan fingerprint density at radius 3 is 3.00 bits per heavy atom. The van der Waals surface area contributed by atoms with Crippen molar-refractivity contribution in [3.63, 3.8) is 0 Å². The van der Waals surface area contributed by atoms with E-state index in [1.807, 2.05) is 0 Å². The predicted octanol–water partition coefficient (Wildman–Crippen LogP) is 0.727. The number of hydrogen-bond donors (Lipinski definition) is 1. The fraction of sp³-hybridized carbons (Fsp3) is 0.800. The van der Waals surface area contributed by atoms with Crippen molar-refractivity contribution in [1.82, 2.24) is 0 Å². The first-order valence-electron chi connectivity index (χ1n) is 3.65. The van der Waals surface area contributed by atoms with Crippen LogP contribution in [-0.2, 0) is 4.79 Å². The largest absolute Gasteiger partial charge is 0.481 e. The minimum absolute atomic E-state index is 0.311. The summed E-state index contributed by atoms with van der Waals surface area (Å²) >= 11 is 0. The summed E-state index contributed by atoms with van der Waals surface area (Å²) in [6.45, 7) is -2.07. The summed E-state index contributed by atoms with van der Waals surface area (Å²) in [4.78, 5) is 10.2. The standard InChI is InChI=1S/C5H8O2/c1-3-2-4(3)5(6)7/h3-4H,2H2,1H3,(H,6,7)/i1D3. The highest BCUT2D eigenvalue weighted by molar-refractivity contribution is 5.73. The van der Waals surface area contributed by atoms with Crippen molar-refractivity contribution in [2.24, 2.45) is 11.8 Å². The summed E-state index contributed by atoms with van der Waals surface area (Å²) in [5.41, 5.74) is 0. The summed E-state index contributed by atoms with van der Waals surface area (Å²) in [5, 5.41) is 8.34. The van der Waals surface area contributed by atoms with E-state index in [2.05, 4.69) is 0 Å². The quantitative estimate of drug-likeness (QED) is 0.531. The molecule has 0 amide bonds. The minimum Gasteiger partial charge on any atom is -0.481 e. The van der Waals surface area contributed by atoms with Gasteiger partial charge in [0.1, 0.15) is 0 Å². The van der Waals surface area contributed by atoms with Crippen molar-refractivity contribution in [3.05, 3.63) is 0 Å². The second kappa shape index (κ2) is 1.22. The average molecular weight is 103 g/mol. The van der Waals surface area contributed by atoms with Crippen molar-refractivity contribution < 1.29 is 14.0 Å². The van der Waals surface area contributed by atoms with Crippen molar-refractivity contribution in [1.29, 1.82) is 0 Å². The van der Waals surface area contributed by atoms with Gasteiger partial charge in [0.25, 0.3) is 0 Å². The molecule has 0 radical (unpaired) electrons. The zero-order valence-electron chi connectivity index (χ0n) is 6.72. The molecule has 0 heterocycles. The normalized spacial score (nSPS) is 46.0. The van der Waals surface area contributed by atoms with Crippen molar-refractivity contribution in [2.75, 3.05) is 0 Å². The maximum absolute atomic E-state index is 10.2. The van der Waals surface area contributed by atoms with Crippen LogP contribution in [0.1, 0.15) is 17.4 Å². The number of carbonyl (C=O) groups is 1. The van der Waals surface area contributed by atoms with E-state index in [4.69, 9.17) is 9.22 Å². The van der Waals surface area contributed by atoms with Gasteiger partial charge in [-0.05, 0) is 12.3 Å². The molecule has 0 spiro atoms. The molecule has 2 nitrogen and oxygen atoms in total. The molecule has 1 aliphatic carbocycles. The lowest BCUT2D eigenvalue weighted by Gasteiger charge is -1.79. The molecule has 40 valence electrons. The Morgan fingerprint density at radius 1 is 2.14 bits per heavy atom. The van der Waals surface area contributed by atoms with E-state index in [0.717, 1.165) is 0 Å². The third kappa shape index (κ3) is 0.734. The highest BCUT2D eigenvalue weighted by Gasteiger charge is 2.38. The van der Waals surface area contributed by atoms with Crippen LogP contribution in [0, 0.1) is 11.8 Å². The summed E-state index contributed by atoms with van der Waals surface area (Å²) in [5.74, 6) is -2.20. The SMILES string of the molecule is [2H]C([2H])([2H])C1CC1C(=O)O. The Labute approximate surface area is 46.4 Å². The third-order valence-corrected chi connectivity index (χ3v) is 1.11. The van der Waals surface area contributed by atoms with Crippen molar-refractivity contribution in [3.8, 4) is 0 Å². The molecule has 2 atom stereocenters. The van der Waals surface area contributed by atoms with Crippen LogP contribution in [0.5, 0.6) is 0 Å². The van der Waals surface area contributed by atoms with Crippen LogP contribution in [0.3, 0.4) is 0 Å². The van der Waals surface area contributed by atoms with E-state index < -0.39 is 24.7 Å².